The Bertz CT molecular complexity index is 3690. The first-order chi connectivity index (χ1) is 30.2. The summed E-state index contributed by atoms with van der Waals surface area (Å²) in [5, 5.41) is 24.1. The van der Waals surface area contributed by atoms with E-state index >= 15 is 0 Å². The van der Waals surface area contributed by atoms with E-state index in [9.17, 15) is 23.7 Å². The van der Waals surface area contributed by atoms with E-state index in [0.717, 1.165) is 78.0 Å². The van der Waals surface area contributed by atoms with E-state index in [4.69, 9.17) is 13.1 Å². The zero-order valence-corrected chi connectivity index (χ0v) is 32.4. The first kappa shape index (κ1) is 37.4. The third-order valence-electron chi connectivity index (χ3n) is 11.5. The lowest BCUT2D eigenvalue weighted by Gasteiger charge is -2.20. The zero-order chi connectivity index (χ0) is 42.7. The molecule has 9 heteroatoms. The Hall–Kier alpha value is -8.89. The molecule has 6 nitrogen and oxygen atoms in total. The molecule has 62 heavy (non-hydrogen) atoms. The molecule has 0 saturated carbocycles. The van der Waals surface area contributed by atoms with Gasteiger partial charge in [-0.25, -0.2) is 9.69 Å². The highest BCUT2D eigenvalue weighted by Crippen LogP contribution is 2.46. The molecule has 0 aliphatic heterocycles. The van der Waals surface area contributed by atoms with E-state index in [-0.39, 0.29) is 22.4 Å². The molecule has 0 fully saturated rings. The van der Waals surface area contributed by atoms with Gasteiger partial charge < -0.3 is 9.13 Å². The second-order valence-electron chi connectivity index (χ2n) is 14.8. The van der Waals surface area contributed by atoms with Crippen LogP contribution in [0.15, 0.2) is 164 Å². The Morgan fingerprint density at radius 2 is 0.952 bits per heavy atom. The Morgan fingerprint density at radius 1 is 0.435 bits per heavy atom. The van der Waals surface area contributed by atoms with Crippen molar-refractivity contribution in [1.29, 1.82) is 10.5 Å². The maximum atomic E-state index is 14.0. The van der Waals surface area contributed by atoms with Crippen LogP contribution in [-0.2, 0) is 6.18 Å². The molecule has 0 amide bonds. The summed E-state index contributed by atoms with van der Waals surface area (Å²) in [6.07, 6.45) is -4.68. The molecule has 10 aromatic rings. The number of rotatable bonds is 5. The predicted octanol–water partition coefficient (Wildman–Crippen LogP) is 14.7. The van der Waals surface area contributed by atoms with Crippen molar-refractivity contribution in [2.75, 3.05) is 0 Å². The van der Waals surface area contributed by atoms with Crippen LogP contribution in [0.5, 0.6) is 0 Å². The monoisotopic (exact) mass is 804 g/mol. The van der Waals surface area contributed by atoms with Gasteiger partial charge in [0.15, 0.2) is 11.4 Å². The molecule has 0 atom stereocenters. The molecule has 8 aromatic carbocycles. The standard InChI is InChI=1S/C53H27F3N6/c1-59-45-16-8-5-13-39(45)33-20-23-43-40-14-6-9-17-47(40)61(50(43)27-33)51-28-44(38-24-21-36(53(54,55)56)25-35(38)31-58)46(60-2)29-52(51)62-48-18-10-7-15-41(48)42-22-19-32(26-49(42)62)37-12-4-3-11-34(37)30-57/h3-29H. The van der Waals surface area contributed by atoms with E-state index in [2.05, 4.69) is 24.9 Å². The molecule has 0 spiro atoms. The quantitative estimate of drug-likeness (QED) is 0.163. The van der Waals surface area contributed by atoms with Crippen LogP contribution in [0.25, 0.3) is 98.1 Å². The number of alkyl halides is 3. The summed E-state index contributed by atoms with van der Waals surface area (Å²) in [6, 6.07) is 53.6. The maximum Gasteiger partial charge on any atom is 0.416 e. The van der Waals surface area contributed by atoms with Gasteiger partial charge in [-0.2, -0.15) is 23.7 Å². The summed E-state index contributed by atoms with van der Waals surface area (Å²) >= 11 is 0. The van der Waals surface area contributed by atoms with Gasteiger partial charge in [0.1, 0.15) is 0 Å². The fourth-order valence-electron chi connectivity index (χ4n) is 8.72. The van der Waals surface area contributed by atoms with Crippen molar-refractivity contribution in [2.45, 2.75) is 6.18 Å². The molecular formula is C53H27F3N6. The molecule has 0 bridgehead atoms. The van der Waals surface area contributed by atoms with E-state index in [0.29, 0.717) is 22.6 Å². The molecular weight excluding hydrogens is 778 g/mol. The third kappa shape index (κ3) is 5.85. The van der Waals surface area contributed by atoms with Crippen molar-refractivity contribution in [2.24, 2.45) is 0 Å². The second-order valence-corrected chi connectivity index (χ2v) is 14.8. The summed E-state index contributed by atoms with van der Waals surface area (Å²) in [6.45, 7) is 16.4. The predicted molar refractivity (Wildman–Crippen MR) is 238 cm³/mol. The molecule has 0 aliphatic rings. The molecule has 10 rings (SSSR count). The number of fused-ring (bicyclic) bond motifs is 6. The first-order valence-corrected chi connectivity index (χ1v) is 19.4. The van der Waals surface area contributed by atoms with Crippen LogP contribution in [0.2, 0.25) is 0 Å². The minimum Gasteiger partial charge on any atom is -0.308 e. The number of hydrogen-bond donors (Lipinski definition) is 0. The first-order valence-electron chi connectivity index (χ1n) is 19.4. The van der Waals surface area contributed by atoms with Gasteiger partial charge in [-0.05, 0) is 88.0 Å². The minimum atomic E-state index is -4.68. The number of halogens is 3. The topological polar surface area (TPSA) is 66.2 Å². The lowest BCUT2D eigenvalue weighted by molar-refractivity contribution is -0.137. The van der Waals surface area contributed by atoms with Gasteiger partial charge in [-0.1, -0.05) is 109 Å². The Morgan fingerprint density at radius 3 is 1.55 bits per heavy atom. The number of para-hydroxylation sites is 3. The zero-order valence-electron chi connectivity index (χ0n) is 32.4. The van der Waals surface area contributed by atoms with E-state index < -0.39 is 11.7 Å². The summed E-state index contributed by atoms with van der Waals surface area (Å²) in [7, 11) is 0. The highest BCUT2D eigenvalue weighted by Gasteiger charge is 2.32. The normalized spacial score (nSPS) is 11.4. The molecule has 0 saturated heterocycles. The summed E-state index contributed by atoms with van der Waals surface area (Å²) in [5.74, 6) is 0. The Labute approximate surface area is 353 Å². The fourth-order valence-corrected chi connectivity index (χ4v) is 8.72. The molecule has 0 N–H and O–H groups in total. The van der Waals surface area contributed by atoms with Crippen LogP contribution in [0.4, 0.5) is 24.5 Å². The number of hydrogen-bond acceptors (Lipinski definition) is 2. The van der Waals surface area contributed by atoms with Gasteiger partial charge in [0.25, 0.3) is 0 Å². The average molecular weight is 805 g/mol. The molecule has 2 heterocycles. The number of benzene rings is 8. The largest absolute Gasteiger partial charge is 0.416 e. The molecule has 0 unspecified atom stereocenters. The number of nitriles is 2. The third-order valence-corrected chi connectivity index (χ3v) is 11.5. The highest BCUT2D eigenvalue weighted by atomic mass is 19.4. The van der Waals surface area contributed by atoms with Gasteiger partial charge in [0.2, 0.25) is 0 Å². The lowest BCUT2D eigenvalue weighted by atomic mass is 9.95. The van der Waals surface area contributed by atoms with Crippen LogP contribution in [0.3, 0.4) is 0 Å². The average Bonchev–Trinajstić information content (AvgIpc) is 3.82. The van der Waals surface area contributed by atoms with Crippen LogP contribution in [0, 0.1) is 35.8 Å². The van der Waals surface area contributed by atoms with Gasteiger partial charge in [-0.15, -0.1) is 0 Å². The van der Waals surface area contributed by atoms with Gasteiger partial charge >= 0.3 is 6.18 Å². The summed E-state index contributed by atoms with van der Waals surface area (Å²) in [5.41, 5.74) is 7.95. The summed E-state index contributed by atoms with van der Waals surface area (Å²) in [4.78, 5) is 7.76. The van der Waals surface area contributed by atoms with Gasteiger partial charge in [0, 0.05) is 21.5 Å². The lowest BCUT2D eigenvalue weighted by Crippen LogP contribution is -2.06. The van der Waals surface area contributed by atoms with E-state index in [1.165, 1.54) is 6.07 Å². The molecule has 0 aliphatic carbocycles. The smallest absolute Gasteiger partial charge is 0.308 e. The van der Waals surface area contributed by atoms with Crippen LogP contribution in [-0.4, -0.2) is 9.13 Å². The second kappa shape index (κ2) is 14.4. The van der Waals surface area contributed by atoms with E-state index in [1.807, 2.05) is 127 Å². The van der Waals surface area contributed by atoms with Gasteiger partial charge in [-0.3, -0.25) is 0 Å². The van der Waals surface area contributed by atoms with Crippen molar-refractivity contribution in [3.63, 3.8) is 0 Å². The molecule has 0 radical (unpaired) electrons. The Kier molecular flexibility index (Phi) is 8.70. The van der Waals surface area contributed by atoms with Crippen LogP contribution in [0.1, 0.15) is 16.7 Å². The van der Waals surface area contributed by atoms with Crippen molar-refractivity contribution >= 4 is 55.0 Å². The van der Waals surface area contributed by atoms with Crippen molar-refractivity contribution < 1.29 is 13.2 Å². The van der Waals surface area contributed by atoms with Crippen LogP contribution < -0.4 is 0 Å². The fraction of sp³-hybridized carbons (Fsp3) is 0.0189. The van der Waals surface area contributed by atoms with Crippen molar-refractivity contribution in [3.05, 3.63) is 203 Å². The number of nitrogens with zero attached hydrogens (tertiary/aromatic N) is 6. The number of aromatic nitrogens is 2. The van der Waals surface area contributed by atoms with Gasteiger partial charge in [0.05, 0.1) is 75.4 Å². The SMILES string of the molecule is [C-]#[N+]c1ccccc1-c1ccc2c3ccccc3n(-c3cc(-c4ccc(C(F)(F)F)cc4C#N)c([N+]#[C-])cc3-n3c4ccccc4c4ccc(-c5ccccc5C#N)cc43)c2c1. The molecule has 2 aromatic heterocycles. The summed E-state index contributed by atoms with van der Waals surface area (Å²) < 4.78 is 46.1. The highest BCUT2D eigenvalue weighted by molar-refractivity contribution is 6.13. The van der Waals surface area contributed by atoms with Crippen LogP contribution >= 0.6 is 0 Å². The molecule has 290 valence electrons. The van der Waals surface area contributed by atoms with E-state index in [1.54, 1.807) is 24.3 Å². The van der Waals surface area contributed by atoms with Crippen molar-refractivity contribution in [3.8, 4) is 56.9 Å². The minimum absolute atomic E-state index is 0.129. The maximum absolute atomic E-state index is 14.0. The van der Waals surface area contributed by atoms with Crippen molar-refractivity contribution in [1.82, 2.24) is 9.13 Å². The Balaban J connectivity index is 1.37.